The summed E-state index contributed by atoms with van der Waals surface area (Å²) in [5.41, 5.74) is 8.77. The lowest BCUT2D eigenvalue weighted by molar-refractivity contribution is -0.127. The zero-order chi connectivity index (χ0) is 23.8. The van der Waals surface area contributed by atoms with Gasteiger partial charge in [0.1, 0.15) is 5.69 Å². The number of ketones is 1. The number of nitrogens with two attached hydrogens (primary N) is 1. The van der Waals surface area contributed by atoms with Gasteiger partial charge in [-0.25, -0.2) is 4.98 Å². The molecule has 4 aromatic rings. The van der Waals surface area contributed by atoms with E-state index in [0.717, 1.165) is 10.4 Å². The van der Waals surface area contributed by atoms with Crippen molar-refractivity contribution in [1.82, 2.24) is 24.8 Å². The zero-order valence-corrected chi connectivity index (χ0v) is 19.3. The first-order chi connectivity index (χ1) is 16.4. The second-order valence-electron chi connectivity index (χ2n) is 8.08. The molecule has 4 heterocycles. The fourth-order valence-corrected chi connectivity index (χ4v) is 4.90. The summed E-state index contributed by atoms with van der Waals surface area (Å²) >= 11 is 1.30. The van der Waals surface area contributed by atoms with E-state index in [1.165, 1.54) is 16.2 Å². The summed E-state index contributed by atoms with van der Waals surface area (Å²) in [7, 11) is 0. The number of carbonyl (C=O) groups is 3. The highest BCUT2D eigenvalue weighted by Crippen LogP contribution is 2.34. The molecule has 34 heavy (non-hydrogen) atoms. The third-order valence-electron chi connectivity index (χ3n) is 5.97. The maximum absolute atomic E-state index is 13.2. The number of hydrogen-bond donors (Lipinski definition) is 2. The van der Waals surface area contributed by atoms with Crippen molar-refractivity contribution in [3.8, 4) is 10.6 Å². The number of aryl methyl sites for hydroxylation is 1. The molecule has 10 heteroatoms. The highest BCUT2D eigenvalue weighted by atomic mass is 32.1. The summed E-state index contributed by atoms with van der Waals surface area (Å²) in [5.74, 6) is -1.24. The summed E-state index contributed by atoms with van der Waals surface area (Å²) in [6.45, 7) is 3.21. The van der Waals surface area contributed by atoms with Crippen molar-refractivity contribution in [2.75, 3.05) is 31.9 Å². The van der Waals surface area contributed by atoms with Crippen molar-refractivity contribution in [2.45, 2.75) is 6.92 Å². The lowest BCUT2D eigenvalue weighted by Crippen LogP contribution is -2.52. The monoisotopic (exact) mass is 474 g/mol. The number of nitrogens with one attached hydrogen (secondary N) is 1. The van der Waals surface area contributed by atoms with Crippen LogP contribution < -0.4 is 5.73 Å². The smallest absolute Gasteiger partial charge is 0.295 e. The first kappa shape index (κ1) is 21.8. The quantitative estimate of drug-likeness (QED) is 0.346. The molecule has 0 unspecified atom stereocenters. The third kappa shape index (κ3) is 3.81. The van der Waals surface area contributed by atoms with Gasteiger partial charge in [-0.1, -0.05) is 29.5 Å². The van der Waals surface area contributed by atoms with Gasteiger partial charge in [0, 0.05) is 55.7 Å². The van der Waals surface area contributed by atoms with Crippen LogP contribution in [0.15, 0.2) is 48.9 Å². The van der Waals surface area contributed by atoms with Crippen LogP contribution in [-0.4, -0.2) is 68.5 Å². The molecule has 3 aromatic heterocycles. The minimum Gasteiger partial charge on any atom is -0.375 e. The van der Waals surface area contributed by atoms with Gasteiger partial charge in [0.15, 0.2) is 5.13 Å². The highest BCUT2D eigenvalue weighted by Gasteiger charge is 2.31. The van der Waals surface area contributed by atoms with Crippen LogP contribution in [0.25, 0.3) is 21.5 Å². The van der Waals surface area contributed by atoms with E-state index in [1.54, 1.807) is 35.6 Å². The Morgan fingerprint density at radius 3 is 2.38 bits per heavy atom. The van der Waals surface area contributed by atoms with Crippen molar-refractivity contribution < 1.29 is 14.4 Å². The standard InChI is InChI=1S/C24H22N6O3S/c1-14-11-26-19(17-13-28-24(25)34-17)20-18(14)16(12-27-20)21(31)23(33)30-9-7-29(8-10-30)22(32)15-5-3-2-4-6-15/h2-6,11-13,27H,7-10H2,1H3,(H2,25,28). The predicted octanol–water partition coefficient (Wildman–Crippen LogP) is 2.74. The lowest BCUT2D eigenvalue weighted by atomic mass is 10.0. The summed E-state index contributed by atoms with van der Waals surface area (Å²) in [6, 6.07) is 9.04. The number of carbonyl (C=O) groups excluding carboxylic acids is 3. The van der Waals surface area contributed by atoms with E-state index in [0.29, 0.717) is 59.0 Å². The summed E-state index contributed by atoms with van der Waals surface area (Å²) < 4.78 is 0. The average molecular weight is 475 g/mol. The summed E-state index contributed by atoms with van der Waals surface area (Å²) in [6.07, 6.45) is 4.88. The Kier molecular flexibility index (Phi) is 5.58. The second kappa shape index (κ2) is 8.71. The fraction of sp³-hybridized carbons (Fsp3) is 0.208. The maximum atomic E-state index is 13.2. The second-order valence-corrected chi connectivity index (χ2v) is 9.15. The molecule has 0 atom stereocenters. The molecule has 1 fully saturated rings. The van der Waals surface area contributed by atoms with E-state index >= 15 is 0 Å². The van der Waals surface area contributed by atoms with E-state index in [4.69, 9.17) is 5.73 Å². The van der Waals surface area contributed by atoms with Crippen LogP contribution >= 0.6 is 11.3 Å². The number of pyridine rings is 1. The number of anilines is 1. The maximum Gasteiger partial charge on any atom is 0.295 e. The topological polar surface area (TPSA) is 125 Å². The Hall–Kier alpha value is -4.05. The van der Waals surface area contributed by atoms with Crippen LogP contribution in [0.3, 0.4) is 0 Å². The van der Waals surface area contributed by atoms with Gasteiger partial charge in [0.05, 0.1) is 16.0 Å². The minimum absolute atomic E-state index is 0.0741. The van der Waals surface area contributed by atoms with Gasteiger partial charge in [-0.15, -0.1) is 0 Å². The van der Waals surface area contributed by atoms with E-state index in [9.17, 15) is 14.4 Å². The van der Waals surface area contributed by atoms with Crippen LogP contribution in [0.1, 0.15) is 26.3 Å². The molecule has 1 saturated heterocycles. The first-order valence-electron chi connectivity index (χ1n) is 10.8. The first-order valence-corrected chi connectivity index (χ1v) is 11.6. The lowest BCUT2D eigenvalue weighted by Gasteiger charge is -2.34. The van der Waals surface area contributed by atoms with Crippen LogP contribution in [0, 0.1) is 6.92 Å². The molecule has 0 saturated carbocycles. The molecular weight excluding hydrogens is 452 g/mol. The number of hydrogen-bond acceptors (Lipinski definition) is 7. The van der Waals surface area contributed by atoms with Crippen LogP contribution in [0.5, 0.6) is 0 Å². The van der Waals surface area contributed by atoms with E-state index < -0.39 is 11.7 Å². The largest absolute Gasteiger partial charge is 0.375 e. The molecule has 0 spiro atoms. The summed E-state index contributed by atoms with van der Waals surface area (Å²) in [5, 5.41) is 1.08. The molecule has 0 radical (unpaired) electrons. The number of nitrogens with zero attached hydrogens (tertiary/aromatic N) is 4. The molecule has 5 rings (SSSR count). The van der Waals surface area contributed by atoms with Crippen molar-refractivity contribution in [1.29, 1.82) is 0 Å². The molecule has 0 bridgehead atoms. The van der Waals surface area contributed by atoms with Gasteiger partial charge >= 0.3 is 0 Å². The molecule has 1 aliphatic rings. The number of aromatic nitrogens is 3. The number of thiazole rings is 1. The average Bonchev–Trinajstić information content (AvgIpc) is 3.51. The summed E-state index contributed by atoms with van der Waals surface area (Å²) in [4.78, 5) is 54.6. The number of amides is 2. The molecule has 1 aromatic carbocycles. The van der Waals surface area contributed by atoms with Crippen molar-refractivity contribution in [3.63, 3.8) is 0 Å². The minimum atomic E-state index is -0.585. The SMILES string of the molecule is Cc1cnc(-c2cnc(N)s2)c2[nH]cc(C(=O)C(=O)N3CCN(C(=O)c4ccccc4)CC3)c12. The Morgan fingerprint density at radius 1 is 1.00 bits per heavy atom. The molecule has 1 aliphatic heterocycles. The number of Topliss-reactive ketones (excluding diaryl/α,β-unsaturated/α-hetero) is 1. The Morgan fingerprint density at radius 2 is 1.71 bits per heavy atom. The van der Waals surface area contributed by atoms with Gasteiger partial charge < -0.3 is 20.5 Å². The van der Waals surface area contributed by atoms with E-state index in [-0.39, 0.29) is 5.91 Å². The molecule has 172 valence electrons. The van der Waals surface area contributed by atoms with Crippen LogP contribution in [0.4, 0.5) is 5.13 Å². The van der Waals surface area contributed by atoms with Gasteiger partial charge in [0.25, 0.3) is 17.6 Å². The molecule has 2 amide bonds. The van der Waals surface area contributed by atoms with Gasteiger partial charge in [-0.3, -0.25) is 19.4 Å². The Labute approximate surface area is 199 Å². The number of aromatic amines is 1. The number of H-pyrrole nitrogens is 1. The van der Waals surface area contributed by atoms with Crippen molar-refractivity contribution in [2.24, 2.45) is 0 Å². The van der Waals surface area contributed by atoms with Crippen molar-refractivity contribution >= 4 is 45.0 Å². The highest BCUT2D eigenvalue weighted by molar-refractivity contribution is 7.18. The zero-order valence-electron chi connectivity index (χ0n) is 18.4. The molecule has 3 N–H and O–H groups in total. The predicted molar refractivity (Wildman–Crippen MR) is 130 cm³/mol. The molecular formula is C24H22N6O3S. The van der Waals surface area contributed by atoms with Crippen LogP contribution in [-0.2, 0) is 4.79 Å². The Bertz CT molecular complexity index is 1400. The van der Waals surface area contributed by atoms with Gasteiger partial charge in [-0.05, 0) is 24.6 Å². The van der Waals surface area contributed by atoms with Crippen molar-refractivity contribution in [3.05, 3.63) is 65.6 Å². The van der Waals surface area contributed by atoms with Crippen LogP contribution in [0.2, 0.25) is 0 Å². The number of benzene rings is 1. The third-order valence-corrected chi connectivity index (χ3v) is 6.80. The number of fused-ring (bicyclic) bond motifs is 1. The van der Waals surface area contributed by atoms with E-state index in [1.807, 2.05) is 25.1 Å². The number of rotatable bonds is 4. The van der Waals surface area contributed by atoms with Gasteiger partial charge in [-0.2, -0.15) is 0 Å². The fourth-order valence-electron chi connectivity index (χ4n) is 4.21. The number of piperazine rings is 1. The number of nitrogen functional groups attached to an aromatic ring is 1. The van der Waals surface area contributed by atoms with Gasteiger partial charge in [0.2, 0.25) is 0 Å². The normalized spacial score (nSPS) is 13.9. The van der Waals surface area contributed by atoms with E-state index in [2.05, 4.69) is 15.0 Å². The molecule has 9 nitrogen and oxygen atoms in total. The molecule has 0 aliphatic carbocycles. The Balaban J connectivity index is 1.35.